The lowest BCUT2D eigenvalue weighted by molar-refractivity contribution is -0.384. The molecule has 6 heteroatoms. The number of nitro benzene ring substituents is 1. The first-order valence-electron chi connectivity index (χ1n) is 5.88. The summed E-state index contributed by atoms with van der Waals surface area (Å²) < 4.78 is 19.1. The Kier molecular flexibility index (Phi) is 3.95. The number of ether oxygens (including phenoxy) is 1. The van der Waals surface area contributed by atoms with E-state index in [1.807, 2.05) is 0 Å². The van der Waals surface area contributed by atoms with Crippen LogP contribution in [-0.4, -0.2) is 10.0 Å². The lowest BCUT2D eigenvalue weighted by Crippen LogP contribution is -1.99. The Morgan fingerprint density at radius 2 is 1.90 bits per heavy atom. The molecule has 104 valence electrons. The summed E-state index contributed by atoms with van der Waals surface area (Å²) in [6.45, 7) is 1.43. The van der Waals surface area contributed by atoms with E-state index >= 15 is 0 Å². The largest absolute Gasteiger partial charge is 0.457 e. The van der Waals surface area contributed by atoms with Crippen LogP contribution in [-0.2, 0) is 0 Å². The number of nitrogens with zero attached hydrogens (tertiary/aromatic N) is 1. The maximum Gasteiger partial charge on any atom is 0.269 e. The number of halogens is 1. The van der Waals surface area contributed by atoms with Crippen LogP contribution in [0, 0.1) is 15.9 Å². The highest BCUT2D eigenvalue weighted by atomic mass is 19.1. The number of aliphatic hydroxyl groups is 1. The number of benzene rings is 2. The van der Waals surface area contributed by atoms with Gasteiger partial charge in [0, 0.05) is 12.1 Å². The third-order valence-electron chi connectivity index (χ3n) is 2.71. The summed E-state index contributed by atoms with van der Waals surface area (Å²) in [6.07, 6.45) is -1.02. The SMILES string of the molecule is C[C@@H](O)c1c(F)cccc1Oc1ccc([N+](=O)[O-])cc1. The first-order chi connectivity index (χ1) is 9.49. The van der Waals surface area contributed by atoms with Crippen LogP contribution in [0.5, 0.6) is 11.5 Å². The first-order valence-corrected chi connectivity index (χ1v) is 5.88. The van der Waals surface area contributed by atoms with Crippen LogP contribution in [0.3, 0.4) is 0 Å². The number of non-ortho nitro benzene ring substituents is 1. The summed E-state index contributed by atoms with van der Waals surface area (Å²) in [5, 5.41) is 20.1. The summed E-state index contributed by atoms with van der Waals surface area (Å²) >= 11 is 0. The molecule has 20 heavy (non-hydrogen) atoms. The number of aliphatic hydroxyl groups excluding tert-OH is 1. The molecule has 0 aliphatic carbocycles. The second-order valence-electron chi connectivity index (χ2n) is 4.18. The zero-order valence-electron chi connectivity index (χ0n) is 10.6. The molecule has 0 heterocycles. The molecule has 0 unspecified atom stereocenters. The average molecular weight is 277 g/mol. The summed E-state index contributed by atoms with van der Waals surface area (Å²) in [5.41, 5.74) is -0.0156. The van der Waals surface area contributed by atoms with Crippen molar-refractivity contribution < 1.29 is 19.2 Å². The van der Waals surface area contributed by atoms with Crippen LogP contribution in [0.1, 0.15) is 18.6 Å². The lowest BCUT2D eigenvalue weighted by Gasteiger charge is -2.13. The molecular formula is C14H12FNO4. The van der Waals surface area contributed by atoms with E-state index in [0.717, 1.165) is 0 Å². The topological polar surface area (TPSA) is 72.6 Å². The molecule has 5 nitrogen and oxygen atoms in total. The second-order valence-corrected chi connectivity index (χ2v) is 4.18. The van der Waals surface area contributed by atoms with Crippen LogP contribution in [0.25, 0.3) is 0 Å². The van der Waals surface area contributed by atoms with E-state index in [4.69, 9.17) is 4.74 Å². The summed E-state index contributed by atoms with van der Waals surface area (Å²) in [6, 6.07) is 9.61. The van der Waals surface area contributed by atoms with Gasteiger partial charge in [-0.2, -0.15) is 0 Å². The molecule has 0 aromatic heterocycles. The van der Waals surface area contributed by atoms with Crippen molar-refractivity contribution in [1.82, 2.24) is 0 Å². The van der Waals surface area contributed by atoms with Crippen molar-refractivity contribution in [3.63, 3.8) is 0 Å². The van der Waals surface area contributed by atoms with Crippen LogP contribution in [0.2, 0.25) is 0 Å². The Labute approximate surface area is 114 Å². The molecule has 0 fully saturated rings. The zero-order valence-corrected chi connectivity index (χ0v) is 10.6. The van der Waals surface area contributed by atoms with E-state index in [0.29, 0.717) is 5.75 Å². The molecule has 0 radical (unpaired) electrons. The van der Waals surface area contributed by atoms with Gasteiger partial charge in [0.15, 0.2) is 0 Å². The minimum atomic E-state index is -1.02. The summed E-state index contributed by atoms with van der Waals surface area (Å²) in [7, 11) is 0. The monoisotopic (exact) mass is 277 g/mol. The molecule has 0 spiro atoms. The number of hydrogen-bond acceptors (Lipinski definition) is 4. The maximum absolute atomic E-state index is 13.6. The van der Waals surface area contributed by atoms with E-state index < -0.39 is 16.8 Å². The van der Waals surface area contributed by atoms with Gasteiger partial charge in [0.2, 0.25) is 0 Å². The summed E-state index contributed by atoms with van der Waals surface area (Å²) in [5.74, 6) is -0.0728. The average Bonchev–Trinajstić information content (AvgIpc) is 2.39. The molecule has 0 aliphatic rings. The fourth-order valence-corrected chi connectivity index (χ4v) is 1.77. The highest BCUT2D eigenvalue weighted by molar-refractivity contribution is 5.42. The van der Waals surface area contributed by atoms with Gasteiger partial charge < -0.3 is 9.84 Å². The van der Waals surface area contributed by atoms with Crippen LogP contribution >= 0.6 is 0 Å². The Morgan fingerprint density at radius 3 is 2.45 bits per heavy atom. The van der Waals surface area contributed by atoms with Gasteiger partial charge in [0.05, 0.1) is 16.6 Å². The number of rotatable bonds is 4. The van der Waals surface area contributed by atoms with Gasteiger partial charge in [-0.05, 0) is 31.2 Å². The fourth-order valence-electron chi connectivity index (χ4n) is 1.77. The van der Waals surface area contributed by atoms with Gasteiger partial charge >= 0.3 is 0 Å². The Bertz CT molecular complexity index is 626. The van der Waals surface area contributed by atoms with E-state index in [-0.39, 0.29) is 17.0 Å². The fraction of sp³-hybridized carbons (Fsp3) is 0.143. The third-order valence-corrected chi connectivity index (χ3v) is 2.71. The minimum Gasteiger partial charge on any atom is -0.457 e. The van der Waals surface area contributed by atoms with Crippen LogP contribution in [0.4, 0.5) is 10.1 Å². The van der Waals surface area contributed by atoms with E-state index in [1.165, 1.54) is 49.4 Å². The van der Waals surface area contributed by atoms with Crippen molar-refractivity contribution in [2.24, 2.45) is 0 Å². The lowest BCUT2D eigenvalue weighted by atomic mass is 10.1. The second kappa shape index (κ2) is 5.66. The minimum absolute atomic E-state index is 0.0471. The Balaban J connectivity index is 2.30. The van der Waals surface area contributed by atoms with Gasteiger partial charge in [-0.1, -0.05) is 6.07 Å². The van der Waals surface area contributed by atoms with Crippen molar-refractivity contribution in [2.75, 3.05) is 0 Å². The highest BCUT2D eigenvalue weighted by Gasteiger charge is 2.15. The van der Waals surface area contributed by atoms with Gasteiger partial charge in [0.25, 0.3) is 5.69 Å². The van der Waals surface area contributed by atoms with Gasteiger partial charge in [0.1, 0.15) is 17.3 Å². The van der Waals surface area contributed by atoms with Crippen molar-refractivity contribution in [2.45, 2.75) is 13.0 Å². The molecule has 0 amide bonds. The van der Waals surface area contributed by atoms with Crippen LogP contribution in [0.15, 0.2) is 42.5 Å². The maximum atomic E-state index is 13.6. The van der Waals surface area contributed by atoms with Gasteiger partial charge in [-0.3, -0.25) is 10.1 Å². The van der Waals surface area contributed by atoms with E-state index in [1.54, 1.807) is 0 Å². The molecule has 2 aromatic rings. The van der Waals surface area contributed by atoms with Crippen molar-refractivity contribution in [3.8, 4) is 11.5 Å². The van der Waals surface area contributed by atoms with Gasteiger partial charge in [-0.25, -0.2) is 4.39 Å². The van der Waals surface area contributed by atoms with Crippen molar-refractivity contribution >= 4 is 5.69 Å². The molecule has 0 saturated heterocycles. The van der Waals surface area contributed by atoms with E-state index in [9.17, 15) is 19.6 Å². The van der Waals surface area contributed by atoms with Crippen molar-refractivity contribution in [1.29, 1.82) is 0 Å². The quantitative estimate of drug-likeness (QED) is 0.684. The van der Waals surface area contributed by atoms with E-state index in [2.05, 4.69) is 0 Å². The Morgan fingerprint density at radius 1 is 1.25 bits per heavy atom. The standard InChI is InChI=1S/C14H12FNO4/c1-9(17)14-12(15)3-2-4-13(14)20-11-7-5-10(6-8-11)16(18)19/h2-9,17H,1H3/t9-/m1/s1. The molecule has 2 aromatic carbocycles. The number of nitro groups is 1. The first kappa shape index (κ1) is 14.0. The third kappa shape index (κ3) is 2.92. The van der Waals surface area contributed by atoms with Crippen molar-refractivity contribution in [3.05, 3.63) is 64.0 Å². The highest BCUT2D eigenvalue weighted by Crippen LogP contribution is 2.32. The number of hydrogen-bond donors (Lipinski definition) is 1. The summed E-state index contributed by atoms with van der Waals surface area (Å²) in [4.78, 5) is 10.0. The van der Waals surface area contributed by atoms with Gasteiger partial charge in [-0.15, -0.1) is 0 Å². The molecule has 2 rings (SSSR count). The molecule has 1 atom stereocenters. The predicted octanol–water partition coefficient (Wildman–Crippen LogP) is 3.58. The Hall–Kier alpha value is -2.47. The molecule has 0 saturated carbocycles. The normalized spacial score (nSPS) is 11.9. The predicted molar refractivity (Wildman–Crippen MR) is 70.2 cm³/mol. The molecule has 0 aliphatic heterocycles. The van der Waals surface area contributed by atoms with Crippen LogP contribution < -0.4 is 4.74 Å². The zero-order chi connectivity index (χ0) is 14.7. The molecule has 1 N–H and O–H groups in total. The molecular weight excluding hydrogens is 265 g/mol. The molecule has 0 bridgehead atoms. The smallest absolute Gasteiger partial charge is 0.269 e.